The van der Waals surface area contributed by atoms with Crippen molar-refractivity contribution in [3.63, 3.8) is 0 Å². The van der Waals surface area contributed by atoms with Crippen LogP contribution in [0.25, 0.3) is 0 Å². The molecule has 0 N–H and O–H groups in total. The first-order valence-electron chi connectivity index (χ1n) is 27.5. The number of hydrogen-bond acceptors (Lipinski definition) is 6. The van der Waals surface area contributed by atoms with Crippen LogP contribution >= 0.6 is 0 Å². The lowest BCUT2D eigenvalue weighted by molar-refractivity contribution is -0.167. The Balaban J connectivity index is 4.25. The zero-order chi connectivity index (χ0) is 45.8. The first-order chi connectivity index (χ1) is 31.0. The zero-order valence-corrected chi connectivity index (χ0v) is 42.1. The topological polar surface area (TPSA) is 78.9 Å². The fourth-order valence-corrected chi connectivity index (χ4v) is 7.93. The molecule has 0 aromatic carbocycles. The van der Waals surface area contributed by atoms with Gasteiger partial charge in [-0.1, -0.05) is 243 Å². The smallest absolute Gasteiger partial charge is 0.306 e. The Labute approximate surface area is 391 Å². The summed E-state index contributed by atoms with van der Waals surface area (Å²) >= 11 is 0. The van der Waals surface area contributed by atoms with E-state index in [0.29, 0.717) is 19.3 Å². The molecule has 0 radical (unpaired) electrons. The van der Waals surface area contributed by atoms with Crippen LogP contribution in [0.15, 0.2) is 36.5 Å². The van der Waals surface area contributed by atoms with Gasteiger partial charge in [-0.05, 0) is 64.2 Å². The average molecular weight is 885 g/mol. The molecule has 0 fully saturated rings. The Morgan fingerprint density at radius 1 is 0.317 bits per heavy atom. The second-order valence-electron chi connectivity index (χ2n) is 18.5. The van der Waals surface area contributed by atoms with Crippen LogP contribution in [0.1, 0.15) is 290 Å². The third-order valence-corrected chi connectivity index (χ3v) is 12.1. The molecule has 0 bridgehead atoms. The van der Waals surface area contributed by atoms with E-state index in [1.54, 1.807) is 0 Å². The highest BCUT2D eigenvalue weighted by atomic mass is 16.6. The maximum Gasteiger partial charge on any atom is 0.306 e. The van der Waals surface area contributed by atoms with E-state index in [1.807, 2.05) is 0 Å². The zero-order valence-electron chi connectivity index (χ0n) is 42.1. The van der Waals surface area contributed by atoms with Crippen LogP contribution < -0.4 is 0 Å². The van der Waals surface area contributed by atoms with Crippen molar-refractivity contribution in [2.24, 2.45) is 0 Å². The minimum absolute atomic E-state index is 0.0775. The standard InChI is InChI=1S/C57H104O6/c1-4-7-10-13-16-19-22-24-25-26-27-28-29-30-31-33-35-38-41-44-47-50-56(59)62-53-54(52-61-55(58)49-46-43-40-37-34-21-18-15-12-9-6-3)63-57(60)51-48-45-42-39-36-32-23-20-17-14-11-8-5-2/h11,14-15,18,20,23,54H,4-10,12-13,16-17,19,21-22,24-53H2,1-3H3/b14-11-,18-15-,23-20-. The van der Waals surface area contributed by atoms with Gasteiger partial charge in [0.15, 0.2) is 6.10 Å². The summed E-state index contributed by atoms with van der Waals surface area (Å²) in [7, 11) is 0. The molecule has 0 aromatic rings. The highest BCUT2D eigenvalue weighted by molar-refractivity contribution is 5.71. The van der Waals surface area contributed by atoms with Crippen LogP contribution in [0.5, 0.6) is 0 Å². The van der Waals surface area contributed by atoms with Crippen LogP contribution in [-0.4, -0.2) is 37.2 Å². The van der Waals surface area contributed by atoms with Gasteiger partial charge in [0.1, 0.15) is 13.2 Å². The number of ether oxygens (including phenoxy) is 3. The fourth-order valence-electron chi connectivity index (χ4n) is 7.93. The summed E-state index contributed by atoms with van der Waals surface area (Å²) in [6.45, 7) is 6.55. The number of carbonyl (C=O) groups excluding carboxylic acids is 3. The van der Waals surface area contributed by atoms with E-state index >= 15 is 0 Å². The minimum atomic E-state index is -0.779. The van der Waals surface area contributed by atoms with Gasteiger partial charge in [-0.2, -0.15) is 0 Å². The van der Waals surface area contributed by atoms with E-state index in [2.05, 4.69) is 57.2 Å². The molecule has 6 heteroatoms. The summed E-state index contributed by atoms with van der Waals surface area (Å²) in [6.07, 6.45) is 61.4. The Morgan fingerprint density at radius 3 is 1.00 bits per heavy atom. The van der Waals surface area contributed by atoms with Gasteiger partial charge in [-0.3, -0.25) is 14.4 Å². The highest BCUT2D eigenvalue weighted by Crippen LogP contribution is 2.16. The van der Waals surface area contributed by atoms with Crippen molar-refractivity contribution in [2.45, 2.75) is 297 Å². The molecule has 63 heavy (non-hydrogen) atoms. The fraction of sp³-hybridized carbons (Fsp3) is 0.842. The molecule has 0 heterocycles. The van der Waals surface area contributed by atoms with E-state index in [4.69, 9.17) is 14.2 Å². The molecule has 6 nitrogen and oxygen atoms in total. The van der Waals surface area contributed by atoms with Crippen LogP contribution in [-0.2, 0) is 28.6 Å². The second-order valence-corrected chi connectivity index (χ2v) is 18.5. The molecule has 0 aromatic heterocycles. The van der Waals surface area contributed by atoms with Crippen LogP contribution in [0.3, 0.4) is 0 Å². The largest absolute Gasteiger partial charge is 0.462 e. The van der Waals surface area contributed by atoms with Gasteiger partial charge >= 0.3 is 17.9 Å². The van der Waals surface area contributed by atoms with E-state index in [0.717, 1.165) is 96.3 Å². The molecule has 0 spiro atoms. The highest BCUT2D eigenvalue weighted by Gasteiger charge is 2.19. The molecule has 0 aliphatic heterocycles. The third kappa shape index (κ3) is 50.5. The molecule has 0 saturated carbocycles. The summed E-state index contributed by atoms with van der Waals surface area (Å²) in [5.74, 6) is -0.890. The first kappa shape index (κ1) is 60.6. The van der Waals surface area contributed by atoms with Crippen molar-refractivity contribution in [3.8, 4) is 0 Å². The van der Waals surface area contributed by atoms with Gasteiger partial charge in [-0.25, -0.2) is 0 Å². The van der Waals surface area contributed by atoms with Gasteiger partial charge in [0.2, 0.25) is 0 Å². The lowest BCUT2D eigenvalue weighted by atomic mass is 10.0. The monoisotopic (exact) mass is 885 g/mol. The number of rotatable bonds is 50. The Hall–Kier alpha value is -2.37. The number of unbranched alkanes of at least 4 members (excludes halogenated alkanes) is 33. The van der Waals surface area contributed by atoms with Crippen LogP contribution in [0, 0.1) is 0 Å². The summed E-state index contributed by atoms with van der Waals surface area (Å²) in [4.78, 5) is 38.0. The van der Waals surface area contributed by atoms with Crippen molar-refractivity contribution < 1.29 is 28.6 Å². The third-order valence-electron chi connectivity index (χ3n) is 12.1. The van der Waals surface area contributed by atoms with Gasteiger partial charge < -0.3 is 14.2 Å². The number of hydrogen-bond donors (Lipinski definition) is 0. The summed E-state index contributed by atoms with van der Waals surface area (Å²) in [5, 5.41) is 0. The lowest BCUT2D eigenvalue weighted by Crippen LogP contribution is -2.30. The molecule has 1 atom stereocenters. The first-order valence-corrected chi connectivity index (χ1v) is 27.5. The molecule has 0 amide bonds. The molecule has 0 aliphatic carbocycles. The normalized spacial score (nSPS) is 12.2. The van der Waals surface area contributed by atoms with Crippen LogP contribution in [0.2, 0.25) is 0 Å². The molecular weight excluding hydrogens is 781 g/mol. The van der Waals surface area contributed by atoms with E-state index in [-0.39, 0.29) is 31.1 Å². The van der Waals surface area contributed by atoms with Gasteiger partial charge in [0, 0.05) is 19.3 Å². The summed E-state index contributed by atoms with van der Waals surface area (Å²) in [6, 6.07) is 0. The van der Waals surface area contributed by atoms with E-state index in [1.165, 1.54) is 154 Å². The molecule has 368 valence electrons. The predicted octanol–water partition coefficient (Wildman–Crippen LogP) is 18.1. The molecule has 0 saturated heterocycles. The van der Waals surface area contributed by atoms with Gasteiger partial charge in [-0.15, -0.1) is 0 Å². The van der Waals surface area contributed by atoms with Crippen molar-refractivity contribution in [3.05, 3.63) is 36.5 Å². The molecular formula is C57H104O6. The quantitative estimate of drug-likeness (QED) is 0.0262. The lowest BCUT2D eigenvalue weighted by Gasteiger charge is -2.18. The van der Waals surface area contributed by atoms with Gasteiger partial charge in [0.25, 0.3) is 0 Å². The van der Waals surface area contributed by atoms with Crippen molar-refractivity contribution in [1.82, 2.24) is 0 Å². The SMILES string of the molecule is CCC/C=C\C/C=C\CCCCCCCC(=O)OC(COC(=O)CCCCCCC/C=C\CCCC)COC(=O)CCCCCCCCCCCCCCCCCCCCCCC. The number of carbonyl (C=O) groups is 3. The maximum atomic E-state index is 12.8. The van der Waals surface area contributed by atoms with Crippen molar-refractivity contribution >= 4 is 17.9 Å². The molecule has 0 aliphatic rings. The predicted molar refractivity (Wildman–Crippen MR) is 270 cm³/mol. The second kappa shape index (κ2) is 52.3. The van der Waals surface area contributed by atoms with E-state index < -0.39 is 6.10 Å². The Bertz CT molecular complexity index is 1060. The van der Waals surface area contributed by atoms with Crippen LogP contribution in [0.4, 0.5) is 0 Å². The van der Waals surface area contributed by atoms with E-state index in [9.17, 15) is 14.4 Å². The number of allylic oxidation sites excluding steroid dienone is 6. The molecule has 0 rings (SSSR count). The Morgan fingerprint density at radius 2 is 0.619 bits per heavy atom. The molecule has 1 unspecified atom stereocenters. The summed E-state index contributed by atoms with van der Waals surface area (Å²) in [5.41, 5.74) is 0. The average Bonchev–Trinajstić information content (AvgIpc) is 3.28. The summed E-state index contributed by atoms with van der Waals surface area (Å²) < 4.78 is 16.8. The number of esters is 3. The Kier molecular flexibility index (Phi) is 50.3. The maximum absolute atomic E-state index is 12.8. The van der Waals surface area contributed by atoms with Gasteiger partial charge in [0.05, 0.1) is 0 Å². The van der Waals surface area contributed by atoms with Crippen molar-refractivity contribution in [2.75, 3.05) is 13.2 Å². The van der Waals surface area contributed by atoms with Crippen molar-refractivity contribution in [1.29, 1.82) is 0 Å². The minimum Gasteiger partial charge on any atom is -0.462 e.